The fraction of sp³-hybridized carbons (Fsp3) is 0.833. The van der Waals surface area contributed by atoms with Crippen LogP contribution in [0.4, 0.5) is 4.79 Å². The van der Waals surface area contributed by atoms with Gasteiger partial charge in [0.15, 0.2) is 0 Å². The van der Waals surface area contributed by atoms with Crippen molar-refractivity contribution in [2.45, 2.75) is 59.1 Å². The third-order valence-corrected chi connectivity index (χ3v) is 2.80. The number of hydrogen-bond acceptors (Lipinski definition) is 3. The topological polar surface area (TPSA) is 75.6 Å². The van der Waals surface area contributed by atoms with Gasteiger partial charge >= 0.3 is 12.1 Å². The van der Waals surface area contributed by atoms with E-state index in [0.29, 0.717) is 6.42 Å². The predicted molar refractivity (Wildman–Crippen MR) is 64.9 cm³/mol. The fourth-order valence-corrected chi connectivity index (χ4v) is 1.31. The fourth-order valence-electron chi connectivity index (χ4n) is 1.31. The zero-order valence-electron chi connectivity index (χ0n) is 11.5. The standard InChI is InChI=1S/C12H23NO4/c1-7-8(2)12(6,9(14)15)13-10(16)17-11(3,4)5/h8H,7H2,1-6H3,(H,13,16)(H,14,15)/t8-,12+/m0/s1. The van der Waals surface area contributed by atoms with Gasteiger partial charge in [0.25, 0.3) is 0 Å². The van der Waals surface area contributed by atoms with Crippen LogP contribution in [0.1, 0.15) is 48.0 Å². The Bertz CT molecular complexity index is 295. The number of carbonyl (C=O) groups is 2. The molecule has 0 aromatic heterocycles. The lowest BCUT2D eigenvalue weighted by molar-refractivity contribution is -0.146. The van der Waals surface area contributed by atoms with Crippen molar-refractivity contribution in [1.82, 2.24) is 5.32 Å². The molecule has 1 amide bonds. The number of alkyl carbamates (subject to hydrolysis) is 1. The molecule has 0 fully saturated rings. The van der Waals surface area contributed by atoms with Gasteiger partial charge in [0, 0.05) is 0 Å². The third kappa shape index (κ3) is 4.63. The summed E-state index contributed by atoms with van der Waals surface area (Å²) >= 11 is 0. The highest BCUT2D eigenvalue weighted by Gasteiger charge is 2.40. The molecular weight excluding hydrogens is 222 g/mol. The van der Waals surface area contributed by atoms with Gasteiger partial charge in [-0.2, -0.15) is 0 Å². The monoisotopic (exact) mass is 245 g/mol. The van der Waals surface area contributed by atoms with Crippen molar-refractivity contribution >= 4 is 12.1 Å². The summed E-state index contributed by atoms with van der Waals surface area (Å²) in [6, 6.07) is 0. The molecule has 0 saturated carbocycles. The molecule has 2 N–H and O–H groups in total. The van der Waals surface area contributed by atoms with Crippen molar-refractivity contribution in [2.24, 2.45) is 5.92 Å². The molecule has 5 nitrogen and oxygen atoms in total. The molecule has 0 unspecified atom stereocenters. The molecule has 0 saturated heterocycles. The van der Waals surface area contributed by atoms with E-state index in [2.05, 4.69) is 5.32 Å². The first kappa shape index (κ1) is 15.7. The Morgan fingerprint density at radius 3 is 2.06 bits per heavy atom. The number of hydrogen-bond donors (Lipinski definition) is 2. The van der Waals surface area contributed by atoms with Crippen molar-refractivity contribution in [3.63, 3.8) is 0 Å². The molecule has 100 valence electrons. The second kappa shape index (κ2) is 5.38. The molecule has 5 heteroatoms. The quantitative estimate of drug-likeness (QED) is 0.797. The van der Waals surface area contributed by atoms with Crippen LogP contribution in [0.25, 0.3) is 0 Å². The Morgan fingerprint density at radius 2 is 1.76 bits per heavy atom. The minimum Gasteiger partial charge on any atom is -0.480 e. The first-order valence-electron chi connectivity index (χ1n) is 5.77. The summed E-state index contributed by atoms with van der Waals surface area (Å²) in [5.41, 5.74) is -1.95. The molecule has 0 aliphatic carbocycles. The molecule has 0 bridgehead atoms. The molecule has 2 atom stereocenters. The molecule has 0 aromatic rings. The third-order valence-electron chi connectivity index (χ3n) is 2.80. The van der Waals surface area contributed by atoms with Crippen LogP contribution in [0.15, 0.2) is 0 Å². The summed E-state index contributed by atoms with van der Waals surface area (Å²) in [6.45, 7) is 10.3. The Labute approximate surface area is 103 Å². The highest BCUT2D eigenvalue weighted by molar-refractivity contribution is 5.84. The molecule has 0 heterocycles. The smallest absolute Gasteiger partial charge is 0.408 e. The van der Waals surface area contributed by atoms with Gasteiger partial charge in [0.2, 0.25) is 0 Å². The average molecular weight is 245 g/mol. The van der Waals surface area contributed by atoms with Crippen LogP contribution in [0.5, 0.6) is 0 Å². The van der Waals surface area contributed by atoms with Crippen molar-refractivity contribution in [3.8, 4) is 0 Å². The van der Waals surface area contributed by atoms with Crippen molar-refractivity contribution in [3.05, 3.63) is 0 Å². The predicted octanol–water partition coefficient (Wildman–Crippen LogP) is 2.40. The van der Waals surface area contributed by atoms with Gasteiger partial charge in [-0.15, -0.1) is 0 Å². The van der Waals surface area contributed by atoms with Crippen LogP contribution in [0.2, 0.25) is 0 Å². The van der Waals surface area contributed by atoms with E-state index in [4.69, 9.17) is 4.74 Å². The van der Waals surface area contributed by atoms with Crippen LogP contribution in [0.3, 0.4) is 0 Å². The molecule has 0 aliphatic rings. The average Bonchev–Trinajstić information content (AvgIpc) is 2.12. The van der Waals surface area contributed by atoms with E-state index in [-0.39, 0.29) is 5.92 Å². The van der Waals surface area contributed by atoms with E-state index >= 15 is 0 Å². The SMILES string of the molecule is CC[C@H](C)[C@@](C)(NC(=O)OC(C)(C)C)C(=O)O. The second-order valence-corrected chi connectivity index (χ2v) is 5.44. The molecule has 0 rings (SSSR count). The van der Waals surface area contributed by atoms with Gasteiger partial charge in [-0.05, 0) is 33.6 Å². The maximum atomic E-state index is 11.6. The van der Waals surface area contributed by atoms with Gasteiger partial charge in [-0.3, -0.25) is 0 Å². The lowest BCUT2D eigenvalue weighted by atomic mass is 9.85. The molecular formula is C12H23NO4. The van der Waals surface area contributed by atoms with Gasteiger partial charge in [-0.25, -0.2) is 9.59 Å². The summed E-state index contributed by atoms with van der Waals surface area (Å²) in [5.74, 6) is -1.25. The second-order valence-electron chi connectivity index (χ2n) is 5.44. The van der Waals surface area contributed by atoms with Crippen LogP contribution in [-0.2, 0) is 9.53 Å². The van der Waals surface area contributed by atoms with Crippen LogP contribution in [-0.4, -0.2) is 28.3 Å². The first-order valence-corrected chi connectivity index (χ1v) is 5.77. The van der Waals surface area contributed by atoms with Crippen molar-refractivity contribution < 1.29 is 19.4 Å². The largest absolute Gasteiger partial charge is 0.480 e. The molecule has 0 radical (unpaired) electrons. The van der Waals surface area contributed by atoms with E-state index in [9.17, 15) is 14.7 Å². The Hall–Kier alpha value is -1.26. The zero-order chi connectivity index (χ0) is 13.9. The Morgan fingerprint density at radius 1 is 1.29 bits per heavy atom. The summed E-state index contributed by atoms with van der Waals surface area (Å²) in [5, 5.41) is 11.7. The van der Waals surface area contributed by atoms with Crippen LogP contribution in [0, 0.1) is 5.92 Å². The Kier molecular flexibility index (Phi) is 4.98. The number of carboxylic acids is 1. The van der Waals surface area contributed by atoms with E-state index in [1.165, 1.54) is 6.92 Å². The number of ether oxygens (including phenoxy) is 1. The van der Waals surface area contributed by atoms with Gasteiger partial charge in [0.05, 0.1) is 0 Å². The number of carbonyl (C=O) groups excluding carboxylic acids is 1. The number of carboxylic acid groups (broad SMARTS) is 1. The number of rotatable bonds is 4. The lowest BCUT2D eigenvalue weighted by Crippen LogP contribution is -2.57. The molecule has 17 heavy (non-hydrogen) atoms. The maximum Gasteiger partial charge on any atom is 0.408 e. The molecule has 0 aromatic carbocycles. The minimum atomic E-state index is -1.31. The van der Waals surface area contributed by atoms with Gasteiger partial charge in [-0.1, -0.05) is 20.3 Å². The summed E-state index contributed by atoms with van der Waals surface area (Å²) in [4.78, 5) is 22.9. The summed E-state index contributed by atoms with van der Waals surface area (Å²) in [7, 11) is 0. The van der Waals surface area contributed by atoms with Crippen LogP contribution < -0.4 is 5.32 Å². The van der Waals surface area contributed by atoms with Gasteiger partial charge in [0.1, 0.15) is 11.1 Å². The van der Waals surface area contributed by atoms with E-state index in [0.717, 1.165) is 0 Å². The number of amides is 1. The van der Waals surface area contributed by atoms with E-state index in [1.807, 2.05) is 6.92 Å². The maximum absolute atomic E-state index is 11.6. The van der Waals surface area contributed by atoms with Crippen molar-refractivity contribution in [1.29, 1.82) is 0 Å². The van der Waals surface area contributed by atoms with Crippen molar-refractivity contribution in [2.75, 3.05) is 0 Å². The van der Waals surface area contributed by atoms with E-state index < -0.39 is 23.2 Å². The molecule has 0 spiro atoms. The first-order chi connectivity index (χ1) is 7.53. The van der Waals surface area contributed by atoms with E-state index in [1.54, 1.807) is 27.7 Å². The van der Waals surface area contributed by atoms with Gasteiger partial charge < -0.3 is 15.2 Å². The highest BCUT2D eigenvalue weighted by Crippen LogP contribution is 2.21. The Balaban J connectivity index is 4.79. The summed E-state index contributed by atoms with van der Waals surface area (Å²) in [6.07, 6.45) is -0.0544. The van der Waals surface area contributed by atoms with Crippen LogP contribution >= 0.6 is 0 Å². The zero-order valence-corrected chi connectivity index (χ0v) is 11.5. The highest BCUT2D eigenvalue weighted by atomic mass is 16.6. The number of nitrogens with one attached hydrogen (secondary N) is 1. The molecule has 0 aliphatic heterocycles. The normalized spacial score (nSPS) is 16.8. The summed E-state index contributed by atoms with van der Waals surface area (Å²) < 4.78 is 5.06. The number of aliphatic carboxylic acids is 1. The lowest BCUT2D eigenvalue weighted by Gasteiger charge is -2.32. The minimum absolute atomic E-state index is 0.187.